The Morgan fingerprint density at radius 2 is 2.20 bits per heavy atom. The molecule has 0 saturated heterocycles. The summed E-state index contributed by atoms with van der Waals surface area (Å²) in [5, 5.41) is 20.8. The summed E-state index contributed by atoms with van der Waals surface area (Å²) in [6.07, 6.45) is 2.25. The lowest BCUT2D eigenvalue weighted by Gasteiger charge is -2.13. The second-order valence-electron chi connectivity index (χ2n) is 5.16. The number of anilines is 1. The quantitative estimate of drug-likeness (QED) is 0.630. The lowest BCUT2D eigenvalue weighted by Crippen LogP contribution is -2.25. The molecule has 25 heavy (non-hydrogen) atoms. The van der Waals surface area contributed by atoms with Gasteiger partial charge in [-0.15, -0.1) is 20.4 Å². The molecule has 132 valence electrons. The van der Waals surface area contributed by atoms with Crippen molar-refractivity contribution in [3.63, 3.8) is 0 Å². The van der Waals surface area contributed by atoms with E-state index in [0.717, 1.165) is 5.01 Å². The van der Waals surface area contributed by atoms with E-state index in [2.05, 4.69) is 25.7 Å². The molecule has 3 aromatic heterocycles. The molecule has 0 aliphatic carbocycles. The van der Waals surface area contributed by atoms with Crippen molar-refractivity contribution in [2.75, 3.05) is 5.32 Å². The van der Waals surface area contributed by atoms with Gasteiger partial charge in [-0.05, 0) is 32.4 Å². The van der Waals surface area contributed by atoms with Crippen LogP contribution in [0, 0.1) is 6.92 Å². The van der Waals surface area contributed by atoms with Gasteiger partial charge in [0.25, 0.3) is 0 Å². The van der Waals surface area contributed by atoms with Gasteiger partial charge in [0.15, 0.2) is 16.7 Å². The Bertz CT molecular complexity index is 842. The SMILES string of the molecule is CC[C@@H](Sc1nnc(-c2ccco2)n1CC)C(=O)Nc1nnc(C)s1. The zero-order valence-corrected chi connectivity index (χ0v) is 15.7. The first kappa shape index (κ1) is 17.6. The highest BCUT2D eigenvalue weighted by atomic mass is 32.2. The molecule has 0 fully saturated rings. The summed E-state index contributed by atoms with van der Waals surface area (Å²) < 4.78 is 7.35. The van der Waals surface area contributed by atoms with Gasteiger partial charge >= 0.3 is 0 Å². The van der Waals surface area contributed by atoms with E-state index in [-0.39, 0.29) is 11.2 Å². The summed E-state index contributed by atoms with van der Waals surface area (Å²) in [5.41, 5.74) is 0. The van der Waals surface area contributed by atoms with Crippen LogP contribution in [0.25, 0.3) is 11.6 Å². The van der Waals surface area contributed by atoms with Crippen molar-refractivity contribution >= 4 is 34.1 Å². The lowest BCUT2D eigenvalue weighted by atomic mass is 10.3. The highest BCUT2D eigenvalue weighted by Crippen LogP contribution is 2.29. The van der Waals surface area contributed by atoms with Gasteiger partial charge in [0, 0.05) is 6.54 Å². The Morgan fingerprint density at radius 1 is 1.36 bits per heavy atom. The van der Waals surface area contributed by atoms with Gasteiger partial charge in [-0.1, -0.05) is 30.0 Å². The molecule has 0 unspecified atom stereocenters. The zero-order chi connectivity index (χ0) is 17.8. The van der Waals surface area contributed by atoms with Crippen LogP contribution in [0.5, 0.6) is 0 Å². The molecule has 0 aromatic carbocycles. The monoisotopic (exact) mass is 378 g/mol. The van der Waals surface area contributed by atoms with Crippen LogP contribution in [0.2, 0.25) is 0 Å². The number of rotatable bonds is 7. The third-order valence-electron chi connectivity index (χ3n) is 3.44. The molecule has 0 radical (unpaired) electrons. The van der Waals surface area contributed by atoms with Crippen molar-refractivity contribution in [1.29, 1.82) is 0 Å². The van der Waals surface area contributed by atoms with Crippen LogP contribution in [0.1, 0.15) is 25.3 Å². The van der Waals surface area contributed by atoms with Crippen molar-refractivity contribution in [2.45, 2.75) is 44.1 Å². The van der Waals surface area contributed by atoms with Crippen molar-refractivity contribution < 1.29 is 9.21 Å². The molecule has 3 aromatic rings. The minimum absolute atomic E-state index is 0.117. The van der Waals surface area contributed by atoms with Gasteiger partial charge < -0.3 is 4.42 Å². The van der Waals surface area contributed by atoms with E-state index in [1.807, 2.05) is 37.5 Å². The minimum atomic E-state index is -0.303. The molecule has 0 aliphatic rings. The summed E-state index contributed by atoms with van der Waals surface area (Å²) in [6.45, 7) is 6.49. The fraction of sp³-hybridized carbons (Fsp3) is 0.400. The number of hydrogen-bond donors (Lipinski definition) is 1. The van der Waals surface area contributed by atoms with E-state index in [1.165, 1.54) is 23.1 Å². The number of nitrogens with one attached hydrogen (secondary N) is 1. The number of carbonyl (C=O) groups is 1. The van der Waals surface area contributed by atoms with E-state index in [4.69, 9.17) is 4.42 Å². The average molecular weight is 378 g/mol. The maximum absolute atomic E-state index is 12.5. The molecular formula is C15H18N6O2S2. The normalized spacial score (nSPS) is 12.3. The predicted molar refractivity (Wildman–Crippen MR) is 96.6 cm³/mol. The Hall–Kier alpha value is -2.20. The van der Waals surface area contributed by atoms with Gasteiger partial charge in [-0.3, -0.25) is 14.7 Å². The molecule has 3 rings (SSSR count). The van der Waals surface area contributed by atoms with Crippen LogP contribution < -0.4 is 5.32 Å². The van der Waals surface area contributed by atoms with Crippen LogP contribution in [0.3, 0.4) is 0 Å². The maximum atomic E-state index is 12.5. The highest BCUT2D eigenvalue weighted by Gasteiger charge is 2.24. The summed E-state index contributed by atoms with van der Waals surface area (Å²) in [5.74, 6) is 1.20. The first-order chi connectivity index (χ1) is 12.1. The molecule has 1 N–H and O–H groups in total. The maximum Gasteiger partial charge on any atom is 0.239 e. The van der Waals surface area contributed by atoms with Crippen LogP contribution in [-0.4, -0.2) is 36.1 Å². The van der Waals surface area contributed by atoms with E-state index < -0.39 is 0 Å². The molecule has 3 heterocycles. The van der Waals surface area contributed by atoms with Crippen LogP contribution in [-0.2, 0) is 11.3 Å². The average Bonchev–Trinajstić information content (AvgIpc) is 3.32. The Labute approximate surface area is 153 Å². The standard InChI is InChI=1S/C15H18N6O2S2/c1-4-11(13(22)16-14-19-17-9(3)24-14)25-15-20-18-12(21(15)5-2)10-7-6-8-23-10/h6-8,11H,4-5H2,1-3H3,(H,16,19,22)/t11-/m1/s1. The van der Waals surface area contributed by atoms with E-state index in [1.54, 1.807) is 6.26 Å². The molecule has 0 bridgehead atoms. The van der Waals surface area contributed by atoms with Gasteiger partial charge in [0.05, 0.1) is 11.5 Å². The van der Waals surface area contributed by atoms with Crippen molar-refractivity contribution in [1.82, 2.24) is 25.0 Å². The second kappa shape index (κ2) is 7.79. The summed E-state index contributed by atoms with van der Waals surface area (Å²) in [7, 11) is 0. The molecule has 0 aliphatic heterocycles. The predicted octanol–water partition coefficient (Wildman–Crippen LogP) is 3.23. The fourth-order valence-electron chi connectivity index (χ4n) is 2.23. The topological polar surface area (TPSA) is 98.7 Å². The number of thioether (sulfide) groups is 1. The van der Waals surface area contributed by atoms with Crippen molar-refractivity contribution in [3.05, 3.63) is 23.4 Å². The number of hydrogen-bond acceptors (Lipinski definition) is 8. The first-order valence-corrected chi connectivity index (χ1v) is 9.56. The van der Waals surface area contributed by atoms with Crippen LogP contribution in [0.4, 0.5) is 5.13 Å². The number of nitrogens with zero attached hydrogens (tertiary/aromatic N) is 5. The number of carbonyl (C=O) groups excluding carboxylic acids is 1. The van der Waals surface area contributed by atoms with Crippen LogP contribution in [0.15, 0.2) is 28.0 Å². The molecule has 1 amide bonds. The smallest absolute Gasteiger partial charge is 0.239 e. The van der Waals surface area contributed by atoms with E-state index in [9.17, 15) is 4.79 Å². The summed E-state index contributed by atoms with van der Waals surface area (Å²) in [4.78, 5) is 12.5. The number of amides is 1. The van der Waals surface area contributed by atoms with Crippen LogP contribution >= 0.6 is 23.1 Å². The fourth-order valence-corrected chi connectivity index (χ4v) is 3.84. The third kappa shape index (κ3) is 3.90. The van der Waals surface area contributed by atoms with E-state index >= 15 is 0 Å². The van der Waals surface area contributed by atoms with Crippen molar-refractivity contribution in [3.8, 4) is 11.6 Å². The zero-order valence-electron chi connectivity index (χ0n) is 14.1. The van der Waals surface area contributed by atoms with Gasteiger partial charge in [-0.25, -0.2) is 0 Å². The van der Waals surface area contributed by atoms with Gasteiger partial charge in [0.2, 0.25) is 11.0 Å². The van der Waals surface area contributed by atoms with E-state index in [0.29, 0.717) is 34.8 Å². The largest absolute Gasteiger partial charge is 0.461 e. The molecular weight excluding hydrogens is 360 g/mol. The Balaban J connectivity index is 1.76. The number of aromatic nitrogens is 5. The molecule has 10 heteroatoms. The van der Waals surface area contributed by atoms with Gasteiger partial charge in [-0.2, -0.15) is 0 Å². The minimum Gasteiger partial charge on any atom is -0.461 e. The van der Waals surface area contributed by atoms with Gasteiger partial charge in [0.1, 0.15) is 5.01 Å². The highest BCUT2D eigenvalue weighted by molar-refractivity contribution is 8.00. The first-order valence-electron chi connectivity index (χ1n) is 7.87. The lowest BCUT2D eigenvalue weighted by molar-refractivity contribution is -0.115. The molecule has 8 nitrogen and oxygen atoms in total. The second-order valence-corrected chi connectivity index (χ2v) is 7.51. The third-order valence-corrected chi connectivity index (χ3v) is 5.54. The Kier molecular flexibility index (Phi) is 5.49. The Morgan fingerprint density at radius 3 is 2.80 bits per heavy atom. The molecule has 0 saturated carbocycles. The summed E-state index contributed by atoms with van der Waals surface area (Å²) in [6, 6.07) is 3.65. The number of aryl methyl sites for hydroxylation is 1. The van der Waals surface area contributed by atoms with Crippen molar-refractivity contribution in [2.24, 2.45) is 0 Å². The summed E-state index contributed by atoms with van der Waals surface area (Å²) >= 11 is 2.74. The number of furan rings is 1. The molecule has 1 atom stereocenters. The molecule has 0 spiro atoms.